The van der Waals surface area contributed by atoms with E-state index >= 15 is 0 Å². The molecule has 104 valence electrons. The lowest BCUT2D eigenvalue weighted by Crippen LogP contribution is -2.11. The predicted molar refractivity (Wildman–Crippen MR) is 77.2 cm³/mol. The van der Waals surface area contributed by atoms with Crippen LogP contribution in [0.4, 0.5) is 0 Å². The summed E-state index contributed by atoms with van der Waals surface area (Å²) in [7, 11) is -3.38. The Morgan fingerprint density at radius 2 is 1.45 bits per heavy atom. The van der Waals surface area contributed by atoms with Gasteiger partial charge < -0.3 is 5.11 Å². The van der Waals surface area contributed by atoms with Gasteiger partial charge in [0.05, 0.1) is 10.1 Å². The van der Waals surface area contributed by atoms with Crippen LogP contribution in [0.25, 0.3) is 0 Å². The molecule has 3 nitrogen and oxygen atoms in total. The summed E-state index contributed by atoms with van der Waals surface area (Å²) in [5.74, 6) is -0.311. The first-order chi connectivity index (χ1) is 9.66. The number of aliphatic hydroxyl groups excluding tert-OH is 1. The van der Waals surface area contributed by atoms with E-state index in [-0.39, 0.29) is 18.4 Å². The zero-order valence-electron chi connectivity index (χ0n) is 10.9. The highest BCUT2D eigenvalue weighted by Crippen LogP contribution is 2.53. The first-order valence-corrected chi connectivity index (χ1v) is 8.15. The molecule has 1 fully saturated rings. The molecule has 0 spiro atoms. The largest absolute Gasteiger partial charge is 0.396 e. The van der Waals surface area contributed by atoms with Gasteiger partial charge in [-0.3, -0.25) is 0 Å². The summed E-state index contributed by atoms with van der Waals surface area (Å²) in [5.41, 5.74) is 0.982. The Morgan fingerprint density at radius 3 is 2.00 bits per heavy atom. The van der Waals surface area contributed by atoms with Crippen LogP contribution in [0.1, 0.15) is 11.5 Å². The highest BCUT2D eigenvalue weighted by atomic mass is 32.2. The normalized spacial score (nSPS) is 25.4. The molecule has 3 rings (SSSR count). The number of hydrogen-bond acceptors (Lipinski definition) is 3. The summed E-state index contributed by atoms with van der Waals surface area (Å²) in [6, 6.07) is 18.0. The smallest absolute Gasteiger partial charge is 0.182 e. The van der Waals surface area contributed by atoms with Crippen LogP contribution in [0.5, 0.6) is 0 Å². The first-order valence-electron chi connectivity index (χ1n) is 6.61. The molecule has 20 heavy (non-hydrogen) atoms. The molecule has 1 aliphatic rings. The van der Waals surface area contributed by atoms with Crippen molar-refractivity contribution >= 4 is 9.84 Å². The molecule has 4 heteroatoms. The number of rotatable bonds is 4. The van der Waals surface area contributed by atoms with Crippen molar-refractivity contribution in [3.8, 4) is 0 Å². The van der Waals surface area contributed by atoms with Gasteiger partial charge in [0.25, 0.3) is 0 Å². The van der Waals surface area contributed by atoms with Crippen molar-refractivity contribution in [1.29, 1.82) is 0 Å². The summed E-state index contributed by atoms with van der Waals surface area (Å²) in [4.78, 5) is 0.335. The molecule has 0 heterocycles. The summed E-state index contributed by atoms with van der Waals surface area (Å²) in [6.45, 7) is -0.101. The highest BCUT2D eigenvalue weighted by molar-refractivity contribution is 7.92. The van der Waals surface area contributed by atoms with Crippen molar-refractivity contribution in [2.45, 2.75) is 16.1 Å². The molecule has 1 aliphatic carbocycles. The van der Waals surface area contributed by atoms with E-state index in [1.165, 1.54) is 0 Å². The lowest BCUT2D eigenvalue weighted by atomic mass is 10.1. The quantitative estimate of drug-likeness (QED) is 0.938. The third kappa shape index (κ3) is 2.15. The minimum Gasteiger partial charge on any atom is -0.396 e. The van der Waals surface area contributed by atoms with E-state index in [0.717, 1.165) is 5.56 Å². The van der Waals surface area contributed by atoms with Crippen LogP contribution in [-0.2, 0) is 9.84 Å². The van der Waals surface area contributed by atoms with Crippen LogP contribution in [-0.4, -0.2) is 25.4 Å². The van der Waals surface area contributed by atoms with Gasteiger partial charge in [0.1, 0.15) is 0 Å². The van der Waals surface area contributed by atoms with Crippen molar-refractivity contribution in [2.24, 2.45) is 5.92 Å². The van der Waals surface area contributed by atoms with Gasteiger partial charge in [-0.1, -0.05) is 48.5 Å². The van der Waals surface area contributed by atoms with E-state index in [9.17, 15) is 13.5 Å². The van der Waals surface area contributed by atoms with Crippen LogP contribution >= 0.6 is 0 Å². The third-order valence-electron chi connectivity index (χ3n) is 3.92. The number of aliphatic hydroxyl groups is 1. The van der Waals surface area contributed by atoms with Crippen molar-refractivity contribution in [3.05, 3.63) is 66.2 Å². The zero-order chi connectivity index (χ0) is 14.2. The van der Waals surface area contributed by atoms with Gasteiger partial charge in [0, 0.05) is 18.4 Å². The summed E-state index contributed by atoms with van der Waals surface area (Å²) < 4.78 is 25.3. The molecule has 0 unspecified atom stereocenters. The minimum absolute atomic E-state index is 0.101. The van der Waals surface area contributed by atoms with Crippen LogP contribution in [0.3, 0.4) is 0 Å². The topological polar surface area (TPSA) is 54.4 Å². The molecule has 1 saturated carbocycles. The monoisotopic (exact) mass is 288 g/mol. The SMILES string of the molecule is O=S(=O)(c1ccccc1)[C@@H]1[C@H](CO)[C@H]1c1ccccc1. The van der Waals surface area contributed by atoms with E-state index in [4.69, 9.17) is 0 Å². The summed E-state index contributed by atoms with van der Waals surface area (Å²) in [5, 5.41) is 8.94. The molecular formula is C16H16O3S. The van der Waals surface area contributed by atoms with Crippen molar-refractivity contribution < 1.29 is 13.5 Å². The number of benzene rings is 2. The lowest BCUT2D eigenvalue weighted by molar-refractivity contribution is 0.274. The van der Waals surface area contributed by atoms with E-state index in [0.29, 0.717) is 4.90 Å². The molecule has 0 aliphatic heterocycles. The fourth-order valence-corrected chi connectivity index (χ4v) is 5.08. The maximum Gasteiger partial charge on any atom is 0.182 e. The van der Waals surface area contributed by atoms with Crippen molar-refractivity contribution in [1.82, 2.24) is 0 Å². The van der Waals surface area contributed by atoms with E-state index in [1.54, 1.807) is 30.3 Å². The maximum atomic E-state index is 12.6. The fourth-order valence-electron chi connectivity index (χ4n) is 2.86. The van der Waals surface area contributed by atoms with Crippen molar-refractivity contribution in [3.63, 3.8) is 0 Å². The Kier molecular flexibility index (Phi) is 3.36. The second-order valence-corrected chi connectivity index (χ2v) is 7.21. The van der Waals surface area contributed by atoms with Gasteiger partial charge in [-0.15, -0.1) is 0 Å². The Labute approximate surface area is 118 Å². The number of sulfone groups is 1. The van der Waals surface area contributed by atoms with Crippen LogP contribution in [0.15, 0.2) is 65.6 Å². The first kappa shape index (κ1) is 13.3. The van der Waals surface area contributed by atoms with Crippen LogP contribution in [0, 0.1) is 5.92 Å². The van der Waals surface area contributed by atoms with E-state index in [2.05, 4.69) is 0 Å². The second kappa shape index (κ2) is 5.04. The molecule has 0 radical (unpaired) electrons. The minimum atomic E-state index is -3.38. The lowest BCUT2D eigenvalue weighted by Gasteiger charge is -2.03. The average Bonchev–Trinajstić information content (AvgIpc) is 3.24. The Balaban J connectivity index is 1.95. The summed E-state index contributed by atoms with van der Waals surface area (Å²) >= 11 is 0. The summed E-state index contributed by atoms with van der Waals surface area (Å²) in [6.07, 6.45) is 0. The molecule has 3 atom stereocenters. The molecule has 0 aromatic heterocycles. The highest BCUT2D eigenvalue weighted by Gasteiger charge is 2.58. The standard InChI is InChI=1S/C16H16O3S/c17-11-14-15(12-7-3-1-4-8-12)16(14)20(18,19)13-9-5-2-6-10-13/h1-10,14-17H,11H2/t14-,15-,16-/m1/s1. The molecule has 0 bridgehead atoms. The molecule has 2 aromatic carbocycles. The van der Waals surface area contributed by atoms with Gasteiger partial charge in [-0.25, -0.2) is 8.42 Å². The number of hydrogen-bond donors (Lipinski definition) is 1. The average molecular weight is 288 g/mol. The molecule has 1 N–H and O–H groups in total. The maximum absolute atomic E-state index is 12.6. The van der Waals surface area contributed by atoms with Crippen molar-refractivity contribution in [2.75, 3.05) is 6.61 Å². The van der Waals surface area contributed by atoms with Crippen LogP contribution in [0.2, 0.25) is 0 Å². The Morgan fingerprint density at radius 1 is 0.900 bits per heavy atom. The molecule has 2 aromatic rings. The molecule has 0 saturated heterocycles. The van der Waals surface area contributed by atoms with Gasteiger partial charge in [-0.05, 0) is 17.7 Å². The third-order valence-corrected chi connectivity index (χ3v) is 6.21. The Hall–Kier alpha value is -1.65. The zero-order valence-corrected chi connectivity index (χ0v) is 11.7. The van der Waals surface area contributed by atoms with E-state index in [1.807, 2.05) is 30.3 Å². The Bertz CT molecular complexity index is 680. The van der Waals surface area contributed by atoms with Gasteiger partial charge in [-0.2, -0.15) is 0 Å². The second-order valence-electron chi connectivity index (χ2n) is 5.11. The van der Waals surface area contributed by atoms with Gasteiger partial charge >= 0.3 is 0 Å². The molecular weight excluding hydrogens is 272 g/mol. The van der Waals surface area contributed by atoms with Crippen LogP contribution < -0.4 is 0 Å². The predicted octanol–water partition coefficient (Wildman–Crippen LogP) is 2.23. The molecule has 0 amide bonds. The van der Waals surface area contributed by atoms with Gasteiger partial charge in [0.2, 0.25) is 0 Å². The van der Waals surface area contributed by atoms with E-state index < -0.39 is 15.1 Å². The fraction of sp³-hybridized carbons (Fsp3) is 0.250. The van der Waals surface area contributed by atoms with Gasteiger partial charge in [0.15, 0.2) is 9.84 Å².